The number of hydrogen-bond acceptors (Lipinski definition) is 13. The van der Waals surface area contributed by atoms with Crippen LogP contribution in [-0.2, 0) is 63.0 Å². The first-order valence-corrected chi connectivity index (χ1v) is 22.1. The van der Waals surface area contributed by atoms with Crippen molar-refractivity contribution in [2.24, 2.45) is 4.99 Å². The molecule has 2 aromatic carbocycles. The molecule has 0 atom stereocenters. The average Bonchev–Trinajstić information content (AvgIpc) is 4.10. The van der Waals surface area contributed by atoms with Crippen LogP contribution in [0.1, 0.15) is 117 Å². The lowest BCUT2D eigenvalue weighted by Gasteiger charge is -2.24. The van der Waals surface area contributed by atoms with E-state index in [1.54, 1.807) is 45.2 Å². The molecule has 0 radical (unpaired) electrons. The van der Waals surface area contributed by atoms with Crippen molar-refractivity contribution in [3.63, 3.8) is 0 Å². The summed E-state index contributed by atoms with van der Waals surface area (Å²) in [5.41, 5.74) is 7.57. The van der Waals surface area contributed by atoms with Crippen molar-refractivity contribution in [2.45, 2.75) is 118 Å². The van der Waals surface area contributed by atoms with Crippen LogP contribution >= 0.6 is 0 Å². The van der Waals surface area contributed by atoms with Crippen LogP contribution in [0.5, 0.6) is 0 Å². The number of nitrogens with zero attached hydrogens (tertiary/aromatic N) is 8. The molecule has 4 aliphatic rings. The maximum atomic E-state index is 12.3. The third-order valence-electron chi connectivity index (χ3n) is 10.4. The van der Waals surface area contributed by atoms with Crippen LogP contribution in [0.3, 0.4) is 0 Å². The van der Waals surface area contributed by atoms with Gasteiger partial charge in [0.15, 0.2) is 0 Å². The minimum absolute atomic E-state index is 0.250. The third kappa shape index (κ3) is 13.5. The topological polar surface area (TPSA) is 189 Å². The number of benzene rings is 2. The number of carbonyl (C=O) groups is 5. The van der Waals surface area contributed by atoms with E-state index < -0.39 is 16.8 Å². The Morgan fingerprint density at radius 3 is 1.63 bits per heavy atom. The van der Waals surface area contributed by atoms with Crippen LogP contribution in [0, 0.1) is 0 Å². The van der Waals surface area contributed by atoms with Gasteiger partial charge in [-0.05, 0) is 103 Å². The molecule has 0 spiro atoms. The fraction of sp³-hybridized carbons (Fsp3) is 0.469. The van der Waals surface area contributed by atoms with Gasteiger partial charge < -0.3 is 23.7 Å². The maximum absolute atomic E-state index is 12.3. The smallest absolute Gasteiger partial charge is 0.410 e. The van der Waals surface area contributed by atoms with Crippen LogP contribution in [-0.4, -0.2) is 121 Å². The molecule has 1 fully saturated rings. The highest BCUT2D eigenvalue weighted by molar-refractivity contribution is 6.07. The van der Waals surface area contributed by atoms with Gasteiger partial charge in [-0.25, -0.2) is 24.0 Å². The fourth-order valence-corrected chi connectivity index (χ4v) is 7.43. The van der Waals surface area contributed by atoms with Crippen molar-refractivity contribution in [2.75, 3.05) is 33.9 Å². The number of fused-ring (bicyclic) bond motifs is 3. The highest BCUT2D eigenvalue weighted by Crippen LogP contribution is 2.27. The molecule has 358 valence electrons. The summed E-state index contributed by atoms with van der Waals surface area (Å²) in [6, 6.07) is 14.5. The van der Waals surface area contributed by atoms with Crippen molar-refractivity contribution in [1.29, 1.82) is 0 Å². The summed E-state index contributed by atoms with van der Waals surface area (Å²) < 4.78 is 29.3. The molecule has 0 saturated carbocycles. The second-order valence-electron chi connectivity index (χ2n) is 19.5. The molecule has 67 heavy (non-hydrogen) atoms. The average molecular weight is 923 g/mol. The van der Waals surface area contributed by atoms with E-state index in [2.05, 4.69) is 21.3 Å². The van der Waals surface area contributed by atoms with Crippen LogP contribution < -0.4 is 0 Å². The quantitative estimate of drug-likeness (QED) is 0.137. The number of hydrogen-bond donors (Lipinski definition) is 0. The van der Waals surface area contributed by atoms with Crippen LogP contribution in [0.25, 0.3) is 0 Å². The highest BCUT2D eigenvalue weighted by Gasteiger charge is 2.33. The normalized spacial score (nSPS) is 14.9. The Kier molecular flexibility index (Phi) is 15.0. The Morgan fingerprint density at radius 1 is 0.612 bits per heavy atom. The number of methoxy groups -OCH3 is 2. The number of carbonyl (C=O) groups excluding carboxylic acids is 5. The van der Waals surface area contributed by atoms with Crippen LogP contribution in [0.15, 0.2) is 77.6 Å². The standard InChI is InChI=1S/2C19H23N3O4.C11H16N2O2/c1-19(2,3)26-18(24)21-11-15-9-20-22(16(15)12-21)10-13-6-5-7-14(8-13)17(23)25-4;1-19(2,3)26-18(24)21-10-15-11-22(20-16(15)12-21)9-13-6-5-7-14(8-13)17(23)25-4;1-11(2,3)15-10(14)13-6-8-4-5-12-9(8)7-13/h5-9H,10-12H2,1-4H3;5-8,11H,9-10,12H2,1-4H3;4H,5-7H2,1-3H3. The SMILES string of the molecule is CC(C)(C)OC(=O)N1CC2=CCN=C2C1.COC(=O)c1cccc(Cn2cc3c(n2)CN(C(=O)OC(C)(C)C)C3)c1.COC(=O)c1cccc(Cn2ncc3c2CN(C(=O)OC(C)(C)C)C3)c1. The number of aliphatic imine (C=N–C) groups is 1. The minimum atomic E-state index is -0.522. The predicted octanol–water partition coefficient (Wildman–Crippen LogP) is 7.56. The number of aromatic nitrogens is 4. The van der Waals surface area contributed by atoms with Crippen molar-refractivity contribution in [1.82, 2.24) is 34.3 Å². The lowest BCUT2D eigenvalue weighted by atomic mass is 10.1. The summed E-state index contributed by atoms with van der Waals surface area (Å²) in [7, 11) is 2.73. The Morgan fingerprint density at radius 2 is 1.12 bits per heavy atom. The third-order valence-corrected chi connectivity index (χ3v) is 10.4. The zero-order chi connectivity index (χ0) is 48.8. The lowest BCUT2D eigenvalue weighted by molar-refractivity contribution is 0.0229. The Bertz CT molecular complexity index is 2510. The first-order chi connectivity index (χ1) is 31.5. The second-order valence-corrected chi connectivity index (χ2v) is 19.5. The van der Waals surface area contributed by atoms with E-state index in [0.717, 1.165) is 45.9 Å². The summed E-state index contributed by atoms with van der Waals surface area (Å²) in [5.74, 6) is -0.726. The van der Waals surface area contributed by atoms with E-state index in [4.69, 9.17) is 23.7 Å². The molecule has 0 unspecified atom stereocenters. The molecule has 3 amide bonds. The maximum Gasteiger partial charge on any atom is 0.410 e. The van der Waals surface area contributed by atoms with Crippen molar-refractivity contribution >= 4 is 35.9 Å². The second kappa shape index (κ2) is 20.3. The van der Waals surface area contributed by atoms with Crippen LogP contribution in [0.2, 0.25) is 0 Å². The molecular weight excluding hydrogens is 861 g/mol. The summed E-state index contributed by atoms with van der Waals surface area (Å²) in [6.07, 6.45) is 4.88. The van der Waals surface area contributed by atoms with E-state index in [-0.39, 0.29) is 30.2 Å². The first-order valence-electron chi connectivity index (χ1n) is 22.1. The van der Waals surface area contributed by atoms with Gasteiger partial charge in [0.2, 0.25) is 0 Å². The van der Waals surface area contributed by atoms with Crippen molar-refractivity contribution in [3.8, 4) is 0 Å². The molecule has 0 bridgehead atoms. The molecular formula is C49H62N8O10. The molecule has 8 rings (SSSR count). The molecule has 18 heteroatoms. The zero-order valence-corrected chi connectivity index (χ0v) is 40.4. The summed E-state index contributed by atoms with van der Waals surface area (Å²) in [5, 5.41) is 8.98. The summed E-state index contributed by atoms with van der Waals surface area (Å²) >= 11 is 0. The van der Waals surface area contributed by atoms with Gasteiger partial charge in [0.05, 0.1) is 108 Å². The van der Waals surface area contributed by atoms with Gasteiger partial charge in [-0.15, -0.1) is 0 Å². The monoisotopic (exact) mass is 922 g/mol. The molecule has 1 saturated heterocycles. The summed E-state index contributed by atoms with van der Waals surface area (Å²) in [4.78, 5) is 68.8. The van der Waals surface area contributed by atoms with E-state index in [1.807, 2.05) is 102 Å². The molecule has 0 aliphatic carbocycles. The van der Waals surface area contributed by atoms with Gasteiger partial charge in [0.25, 0.3) is 0 Å². The molecule has 2 aromatic heterocycles. The number of likely N-dealkylation sites (tertiary alicyclic amines) is 1. The Hall–Kier alpha value is -6.98. The van der Waals surface area contributed by atoms with Gasteiger partial charge in [0.1, 0.15) is 16.8 Å². The van der Waals surface area contributed by atoms with Gasteiger partial charge in [-0.2, -0.15) is 10.2 Å². The van der Waals surface area contributed by atoms with Crippen LogP contribution in [0.4, 0.5) is 14.4 Å². The van der Waals surface area contributed by atoms with E-state index in [9.17, 15) is 24.0 Å². The Balaban J connectivity index is 0.000000172. The van der Waals surface area contributed by atoms with Crippen molar-refractivity contribution < 1.29 is 47.7 Å². The number of ether oxygens (including phenoxy) is 5. The predicted molar refractivity (Wildman–Crippen MR) is 247 cm³/mol. The fourth-order valence-electron chi connectivity index (χ4n) is 7.43. The molecule has 4 aliphatic heterocycles. The highest BCUT2D eigenvalue weighted by atomic mass is 16.6. The minimum Gasteiger partial charge on any atom is -0.465 e. The van der Waals surface area contributed by atoms with Gasteiger partial charge >= 0.3 is 30.2 Å². The molecule has 18 nitrogen and oxygen atoms in total. The number of esters is 2. The Labute approximate surface area is 391 Å². The van der Waals surface area contributed by atoms with Gasteiger partial charge in [-0.1, -0.05) is 30.3 Å². The van der Waals surface area contributed by atoms with E-state index in [1.165, 1.54) is 19.8 Å². The molecule has 4 aromatic rings. The van der Waals surface area contributed by atoms with Crippen molar-refractivity contribution in [3.05, 3.63) is 117 Å². The molecule has 6 heterocycles. The largest absolute Gasteiger partial charge is 0.465 e. The van der Waals surface area contributed by atoms with E-state index >= 15 is 0 Å². The molecule has 0 N–H and O–H groups in total. The van der Waals surface area contributed by atoms with E-state index in [0.29, 0.717) is 63.5 Å². The summed E-state index contributed by atoms with van der Waals surface area (Å²) in [6.45, 7) is 21.7. The first kappa shape index (κ1) is 49.5. The zero-order valence-electron chi connectivity index (χ0n) is 40.4. The number of rotatable bonds is 6. The van der Waals surface area contributed by atoms with Gasteiger partial charge in [-0.3, -0.25) is 29.1 Å². The lowest BCUT2D eigenvalue weighted by Crippen LogP contribution is -2.35. The number of amides is 3. The van der Waals surface area contributed by atoms with Gasteiger partial charge in [0, 0.05) is 17.3 Å².